The van der Waals surface area contributed by atoms with Crippen LogP contribution in [0.2, 0.25) is 0 Å². The third-order valence-electron chi connectivity index (χ3n) is 3.62. The first-order valence-electron chi connectivity index (χ1n) is 8.08. The number of rotatable bonds is 4. The molecule has 2 rings (SSSR count). The van der Waals surface area contributed by atoms with Crippen LogP contribution in [0.15, 0.2) is 18.2 Å². The number of phenolic OH excluding ortho intramolecular Hbond substituents is 1. The Morgan fingerprint density at radius 3 is 2.65 bits per heavy atom. The van der Waals surface area contributed by atoms with E-state index in [0.717, 1.165) is 44.7 Å². The zero-order chi connectivity index (χ0) is 16.9. The molecule has 0 aliphatic carbocycles. The molecule has 6 nitrogen and oxygen atoms in total. The van der Waals surface area contributed by atoms with E-state index in [1.165, 1.54) is 0 Å². The van der Waals surface area contributed by atoms with Crippen LogP contribution in [-0.2, 0) is 11.2 Å². The van der Waals surface area contributed by atoms with Crippen molar-refractivity contribution in [3.05, 3.63) is 23.8 Å². The molecule has 6 heteroatoms. The highest BCUT2D eigenvalue weighted by molar-refractivity contribution is 5.86. The van der Waals surface area contributed by atoms with E-state index in [0.29, 0.717) is 5.69 Å². The molecule has 0 radical (unpaired) electrons. The molecule has 23 heavy (non-hydrogen) atoms. The fourth-order valence-electron chi connectivity index (χ4n) is 2.47. The summed E-state index contributed by atoms with van der Waals surface area (Å²) in [5.41, 5.74) is 0.851. The van der Waals surface area contributed by atoms with Gasteiger partial charge >= 0.3 is 6.09 Å². The standard InChI is InChI=1S/C17H27N3O3/c1-17(2,3)23-16(22)19-14-5-4-13(12-15(14)21)6-9-20-10-7-18-8-11-20/h4-5,12,18,21H,6-11H2,1-3H3,(H,19,22). The zero-order valence-electron chi connectivity index (χ0n) is 14.2. The van der Waals surface area contributed by atoms with Crippen molar-refractivity contribution in [2.75, 3.05) is 38.0 Å². The minimum Gasteiger partial charge on any atom is -0.506 e. The number of amides is 1. The Hall–Kier alpha value is -1.79. The first-order chi connectivity index (χ1) is 10.8. The predicted molar refractivity (Wildman–Crippen MR) is 91.0 cm³/mol. The first kappa shape index (κ1) is 17.6. The van der Waals surface area contributed by atoms with Crippen LogP contribution >= 0.6 is 0 Å². The molecule has 1 fully saturated rings. The monoisotopic (exact) mass is 321 g/mol. The first-order valence-corrected chi connectivity index (χ1v) is 8.08. The van der Waals surface area contributed by atoms with Gasteiger partial charge in [-0.25, -0.2) is 4.79 Å². The van der Waals surface area contributed by atoms with Crippen molar-refractivity contribution >= 4 is 11.8 Å². The summed E-state index contributed by atoms with van der Waals surface area (Å²) < 4.78 is 5.18. The number of phenols is 1. The molecule has 0 bridgehead atoms. The minimum atomic E-state index is -0.568. The second-order valence-electron chi connectivity index (χ2n) is 6.82. The Labute approximate surface area is 137 Å². The van der Waals surface area contributed by atoms with Gasteiger partial charge < -0.3 is 20.1 Å². The molecule has 1 aromatic rings. The average molecular weight is 321 g/mol. The van der Waals surface area contributed by atoms with Crippen LogP contribution in [0, 0.1) is 0 Å². The van der Waals surface area contributed by atoms with Crippen molar-refractivity contribution in [2.45, 2.75) is 32.8 Å². The van der Waals surface area contributed by atoms with E-state index in [4.69, 9.17) is 4.74 Å². The van der Waals surface area contributed by atoms with Crippen LogP contribution in [-0.4, -0.2) is 54.4 Å². The highest BCUT2D eigenvalue weighted by Crippen LogP contribution is 2.25. The summed E-state index contributed by atoms with van der Waals surface area (Å²) in [6, 6.07) is 5.34. The summed E-state index contributed by atoms with van der Waals surface area (Å²) in [6.45, 7) is 10.5. The lowest BCUT2D eigenvalue weighted by atomic mass is 10.1. The maximum absolute atomic E-state index is 11.7. The molecule has 0 saturated carbocycles. The lowest BCUT2D eigenvalue weighted by molar-refractivity contribution is 0.0635. The number of nitrogens with zero attached hydrogens (tertiary/aromatic N) is 1. The number of aromatic hydroxyl groups is 1. The van der Waals surface area contributed by atoms with Gasteiger partial charge in [-0.1, -0.05) is 6.07 Å². The van der Waals surface area contributed by atoms with Crippen LogP contribution in [0.4, 0.5) is 10.5 Å². The third-order valence-corrected chi connectivity index (χ3v) is 3.62. The maximum Gasteiger partial charge on any atom is 0.412 e. The van der Waals surface area contributed by atoms with Crippen LogP contribution in [0.5, 0.6) is 5.75 Å². The number of carbonyl (C=O) groups is 1. The number of carbonyl (C=O) groups excluding carboxylic acids is 1. The normalized spacial score (nSPS) is 16.1. The van der Waals surface area contributed by atoms with Gasteiger partial charge in [0.2, 0.25) is 0 Å². The minimum absolute atomic E-state index is 0.0636. The van der Waals surface area contributed by atoms with E-state index in [2.05, 4.69) is 15.5 Å². The van der Waals surface area contributed by atoms with Gasteiger partial charge in [0, 0.05) is 32.7 Å². The van der Waals surface area contributed by atoms with Crippen molar-refractivity contribution in [3.8, 4) is 5.75 Å². The summed E-state index contributed by atoms with van der Waals surface area (Å²) in [5, 5.41) is 16.0. The largest absolute Gasteiger partial charge is 0.506 e. The molecule has 0 atom stereocenters. The number of benzene rings is 1. The van der Waals surface area contributed by atoms with Crippen LogP contribution in [0.25, 0.3) is 0 Å². The van der Waals surface area contributed by atoms with Gasteiger partial charge in [0.1, 0.15) is 11.4 Å². The zero-order valence-corrected chi connectivity index (χ0v) is 14.2. The highest BCUT2D eigenvalue weighted by atomic mass is 16.6. The smallest absolute Gasteiger partial charge is 0.412 e. The van der Waals surface area contributed by atoms with E-state index >= 15 is 0 Å². The van der Waals surface area contributed by atoms with Crippen LogP contribution in [0.3, 0.4) is 0 Å². The van der Waals surface area contributed by atoms with Crippen molar-refractivity contribution in [2.24, 2.45) is 0 Å². The SMILES string of the molecule is CC(C)(C)OC(=O)Nc1ccc(CCN2CCNCC2)cc1O. The topological polar surface area (TPSA) is 73.8 Å². The van der Waals surface area contributed by atoms with Gasteiger partial charge in [-0.05, 0) is 44.9 Å². The lowest BCUT2D eigenvalue weighted by Crippen LogP contribution is -2.44. The number of ether oxygens (including phenoxy) is 1. The van der Waals surface area contributed by atoms with Gasteiger partial charge in [0.15, 0.2) is 0 Å². The van der Waals surface area contributed by atoms with Crippen LogP contribution in [0.1, 0.15) is 26.3 Å². The van der Waals surface area contributed by atoms with E-state index in [1.807, 2.05) is 6.07 Å². The van der Waals surface area contributed by atoms with Gasteiger partial charge in [-0.15, -0.1) is 0 Å². The van der Waals surface area contributed by atoms with Gasteiger partial charge in [0.05, 0.1) is 5.69 Å². The van der Waals surface area contributed by atoms with E-state index in [-0.39, 0.29) is 5.75 Å². The van der Waals surface area contributed by atoms with Gasteiger partial charge in [-0.2, -0.15) is 0 Å². The average Bonchev–Trinajstić information content (AvgIpc) is 2.47. The lowest BCUT2D eigenvalue weighted by Gasteiger charge is -2.27. The Bertz CT molecular complexity index is 534. The summed E-state index contributed by atoms with van der Waals surface area (Å²) >= 11 is 0. The maximum atomic E-state index is 11.7. The second kappa shape index (κ2) is 7.66. The van der Waals surface area contributed by atoms with Crippen molar-refractivity contribution in [1.82, 2.24) is 10.2 Å². The molecule has 3 N–H and O–H groups in total. The second-order valence-corrected chi connectivity index (χ2v) is 6.82. The van der Waals surface area contributed by atoms with E-state index in [1.54, 1.807) is 32.9 Å². The fraction of sp³-hybridized carbons (Fsp3) is 0.588. The number of hydrogen-bond donors (Lipinski definition) is 3. The molecular formula is C17H27N3O3. The summed E-state index contributed by atoms with van der Waals surface area (Å²) in [6.07, 6.45) is 0.307. The number of nitrogens with one attached hydrogen (secondary N) is 2. The van der Waals surface area contributed by atoms with E-state index in [9.17, 15) is 9.90 Å². The van der Waals surface area contributed by atoms with Gasteiger partial charge in [0.25, 0.3) is 0 Å². The molecule has 1 saturated heterocycles. The van der Waals surface area contributed by atoms with E-state index < -0.39 is 11.7 Å². The van der Waals surface area contributed by atoms with Crippen molar-refractivity contribution < 1.29 is 14.6 Å². The Morgan fingerprint density at radius 1 is 1.35 bits per heavy atom. The summed E-state index contributed by atoms with van der Waals surface area (Å²) in [4.78, 5) is 14.1. The highest BCUT2D eigenvalue weighted by Gasteiger charge is 2.17. The van der Waals surface area contributed by atoms with Crippen molar-refractivity contribution in [1.29, 1.82) is 0 Å². The fourth-order valence-corrected chi connectivity index (χ4v) is 2.47. The number of anilines is 1. The Kier molecular flexibility index (Phi) is 5.85. The Balaban J connectivity index is 1.88. The quantitative estimate of drug-likeness (QED) is 0.741. The predicted octanol–water partition coefficient (Wildman–Crippen LogP) is 2.19. The molecule has 1 aliphatic heterocycles. The van der Waals surface area contributed by atoms with Gasteiger partial charge in [-0.3, -0.25) is 5.32 Å². The van der Waals surface area contributed by atoms with Crippen LogP contribution < -0.4 is 10.6 Å². The third kappa shape index (κ3) is 6.08. The molecule has 1 aliphatic rings. The molecular weight excluding hydrogens is 294 g/mol. The molecule has 0 spiro atoms. The van der Waals surface area contributed by atoms with Crippen molar-refractivity contribution in [3.63, 3.8) is 0 Å². The molecule has 1 aromatic carbocycles. The Morgan fingerprint density at radius 2 is 2.04 bits per heavy atom. The summed E-state index contributed by atoms with van der Waals surface area (Å²) in [7, 11) is 0. The molecule has 0 unspecified atom stereocenters. The summed E-state index contributed by atoms with van der Waals surface area (Å²) in [5.74, 6) is 0.0636. The molecule has 1 heterocycles. The molecule has 0 aromatic heterocycles. The number of hydrogen-bond acceptors (Lipinski definition) is 5. The molecule has 128 valence electrons. The number of piperazine rings is 1. The molecule has 1 amide bonds.